The number of aliphatic carboxylic acids is 1. The summed E-state index contributed by atoms with van der Waals surface area (Å²) in [6.07, 6.45) is 2.77. The molecule has 0 heterocycles. The van der Waals surface area contributed by atoms with Crippen LogP contribution in [0.2, 0.25) is 0 Å². The zero-order valence-electron chi connectivity index (χ0n) is 17.0. The first kappa shape index (κ1) is 23.5. The van der Waals surface area contributed by atoms with Gasteiger partial charge in [-0.3, -0.25) is 9.79 Å². The Labute approximate surface area is 165 Å². The van der Waals surface area contributed by atoms with Gasteiger partial charge in [0.1, 0.15) is 5.60 Å². The summed E-state index contributed by atoms with van der Waals surface area (Å²) in [5, 5.41) is 11.9. The van der Waals surface area contributed by atoms with Crippen molar-refractivity contribution in [2.24, 2.45) is 16.6 Å². The molecule has 158 valence electrons. The second-order valence-corrected chi connectivity index (χ2v) is 7.57. The van der Waals surface area contributed by atoms with Crippen molar-refractivity contribution in [1.29, 1.82) is 0 Å². The summed E-state index contributed by atoms with van der Waals surface area (Å²) in [7, 11) is 0. The first-order valence-electron chi connectivity index (χ1n) is 9.43. The lowest BCUT2D eigenvalue weighted by molar-refractivity contribution is -0.149. The van der Waals surface area contributed by atoms with Gasteiger partial charge in [0.05, 0.1) is 36.4 Å². The minimum Gasteiger partial charge on any atom is -0.478 e. The van der Waals surface area contributed by atoms with E-state index in [1.165, 1.54) is 0 Å². The molecule has 1 aliphatic rings. The van der Waals surface area contributed by atoms with E-state index in [0.717, 1.165) is 6.20 Å². The van der Waals surface area contributed by atoms with Crippen LogP contribution >= 0.6 is 0 Å². The molecule has 9 nitrogen and oxygen atoms in total. The average Bonchev–Trinajstić information content (AvgIpc) is 2.59. The Kier molecular flexibility index (Phi) is 8.94. The molecule has 28 heavy (non-hydrogen) atoms. The van der Waals surface area contributed by atoms with E-state index in [4.69, 9.17) is 15.2 Å². The number of rotatable bonds is 7. The van der Waals surface area contributed by atoms with Crippen molar-refractivity contribution in [2.75, 3.05) is 13.2 Å². The molecular formula is C19H31N3O6. The molecule has 0 aromatic heterocycles. The van der Waals surface area contributed by atoms with Gasteiger partial charge in [-0.25, -0.2) is 9.59 Å². The smallest absolute Gasteiger partial charge is 0.407 e. The Hall–Kier alpha value is -2.58. The Morgan fingerprint density at radius 3 is 2.29 bits per heavy atom. The van der Waals surface area contributed by atoms with E-state index in [1.807, 2.05) is 0 Å². The van der Waals surface area contributed by atoms with Crippen molar-refractivity contribution >= 4 is 23.7 Å². The lowest BCUT2D eigenvalue weighted by Crippen LogP contribution is -2.37. The average molecular weight is 397 g/mol. The molecule has 0 spiro atoms. The second kappa shape index (κ2) is 10.7. The van der Waals surface area contributed by atoms with Crippen molar-refractivity contribution in [2.45, 2.75) is 65.0 Å². The van der Waals surface area contributed by atoms with Crippen LogP contribution in [-0.2, 0) is 19.1 Å². The molecule has 0 bridgehead atoms. The molecule has 1 saturated carbocycles. The number of esters is 1. The van der Waals surface area contributed by atoms with Crippen molar-refractivity contribution in [3.8, 4) is 0 Å². The van der Waals surface area contributed by atoms with Crippen LogP contribution in [0.1, 0.15) is 53.4 Å². The van der Waals surface area contributed by atoms with Crippen LogP contribution in [0.5, 0.6) is 0 Å². The molecule has 1 amide bonds. The topological polar surface area (TPSA) is 140 Å². The maximum atomic E-state index is 11.9. The van der Waals surface area contributed by atoms with Gasteiger partial charge in [0.2, 0.25) is 0 Å². The van der Waals surface area contributed by atoms with Gasteiger partial charge < -0.3 is 25.6 Å². The third kappa shape index (κ3) is 7.98. The Morgan fingerprint density at radius 1 is 1.21 bits per heavy atom. The van der Waals surface area contributed by atoms with Crippen molar-refractivity contribution in [3.05, 3.63) is 11.8 Å². The van der Waals surface area contributed by atoms with E-state index in [-0.39, 0.29) is 35.8 Å². The molecule has 0 aromatic rings. The third-order valence-corrected chi connectivity index (χ3v) is 4.16. The molecule has 0 radical (unpaired) electrons. The first-order chi connectivity index (χ1) is 13.1. The second-order valence-electron chi connectivity index (χ2n) is 7.57. The molecule has 0 saturated heterocycles. The Bertz CT molecular complexity index is 628. The SMILES string of the molecule is CCOC(=O)C1CCC(N=C(CNC(=O)OC(C)(C)C)C(=CN)C(=O)O)CC1. The quantitative estimate of drug-likeness (QED) is 0.339. The standard InChI is InChI=1S/C19H31N3O6/c1-5-27-17(25)12-6-8-13(9-7-12)22-15(14(10-20)16(23)24)11-21-18(26)28-19(2,3)4/h10,12-13H,5-9,11,20H2,1-4H3,(H,21,26)(H,23,24). The van der Waals surface area contributed by atoms with Gasteiger partial charge in [-0.05, 0) is 53.4 Å². The number of amides is 1. The van der Waals surface area contributed by atoms with Crippen molar-refractivity contribution in [3.63, 3.8) is 0 Å². The van der Waals surface area contributed by atoms with Crippen LogP contribution in [0.4, 0.5) is 4.79 Å². The van der Waals surface area contributed by atoms with E-state index >= 15 is 0 Å². The molecular weight excluding hydrogens is 366 g/mol. The van der Waals surface area contributed by atoms with E-state index in [9.17, 15) is 19.5 Å². The van der Waals surface area contributed by atoms with Crippen LogP contribution in [0.15, 0.2) is 16.8 Å². The predicted octanol–water partition coefficient (Wildman–Crippen LogP) is 2.00. The minimum atomic E-state index is -1.23. The number of alkyl carbamates (subject to hydrolysis) is 1. The molecule has 1 fully saturated rings. The summed E-state index contributed by atoms with van der Waals surface area (Å²) >= 11 is 0. The molecule has 0 atom stereocenters. The van der Waals surface area contributed by atoms with Gasteiger partial charge in [-0.2, -0.15) is 0 Å². The molecule has 0 unspecified atom stereocenters. The molecule has 0 aliphatic heterocycles. The number of hydrogen-bond acceptors (Lipinski definition) is 7. The van der Waals surface area contributed by atoms with Crippen LogP contribution in [0, 0.1) is 5.92 Å². The molecule has 9 heteroatoms. The summed E-state index contributed by atoms with van der Waals surface area (Å²) < 4.78 is 10.2. The number of hydrogen-bond donors (Lipinski definition) is 3. The number of nitrogens with one attached hydrogen (secondary N) is 1. The van der Waals surface area contributed by atoms with Crippen LogP contribution in [-0.4, -0.2) is 53.6 Å². The number of carboxylic acid groups (broad SMARTS) is 1. The molecule has 0 aromatic carbocycles. The highest BCUT2D eigenvalue weighted by Crippen LogP contribution is 2.27. The lowest BCUT2D eigenvalue weighted by atomic mass is 9.86. The van der Waals surface area contributed by atoms with Gasteiger partial charge in [0.15, 0.2) is 0 Å². The highest BCUT2D eigenvalue weighted by atomic mass is 16.6. The summed E-state index contributed by atoms with van der Waals surface area (Å²) in [6, 6.07) is -0.157. The van der Waals surface area contributed by atoms with Gasteiger partial charge >= 0.3 is 18.0 Å². The number of ether oxygens (including phenoxy) is 2. The van der Waals surface area contributed by atoms with Gasteiger partial charge in [-0.15, -0.1) is 0 Å². The van der Waals surface area contributed by atoms with Crippen LogP contribution < -0.4 is 11.1 Å². The van der Waals surface area contributed by atoms with E-state index in [1.54, 1.807) is 27.7 Å². The van der Waals surface area contributed by atoms with Crippen molar-refractivity contribution in [1.82, 2.24) is 5.32 Å². The molecule has 4 N–H and O–H groups in total. The molecule has 1 aliphatic carbocycles. The number of nitrogens with two attached hydrogens (primary N) is 1. The van der Waals surface area contributed by atoms with Crippen LogP contribution in [0.25, 0.3) is 0 Å². The molecule has 1 rings (SSSR count). The van der Waals surface area contributed by atoms with Crippen molar-refractivity contribution < 1.29 is 29.0 Å². The summed E-state index contributed by atoms with van der Waals surface area (Å²) in [4.78, 5) is 39.7. The van der Waals surface area contributed by atoms with E-state index in [0.29, 0.717) is 32.3 Å². The fraction of sp³-hybridized carbons (Fsp3) is 0.684. The van der Waals surface area contributed by atoms with Gasteiger partial charge in [0, 0.05) is 6.20 Å². The summed E-state index contributed by atoms with van der Waals surface area (Å²) in [5.74, 6) is -1.59. The first-order valence-corrected chi connectivity index (χ1v) is 9.43. The largest absolute Gasteiger partial charge is 0.478 e. The number of carbonyl (C=O) groups is 3. The lowest BCUT2D eigenvalue weighted by Gasteiger charge is -2.25. The number of nitrogens with zero attached hydrogens (tertiary/aromatic N) is 1. The van der Waals surface area contributed by atoms with Gasteiger partial charge in [0.25, 0.3) is 0 Å². The fourth-order valence-electron chi connectivity index (χ4n) is 2.89. The van der Waals surface area contributed by atoms with Crippen LogP contribution in [0.3, 0.4) is 0 Å². The highest BCUT2D eigenvalue weighted by Gasteiger charge is 2.28. The summed E-state index contributed by atoms with van der Waals surface area (Å²) in [5.41, 5.74) is 4.77. The normalized spacial score (nSPS) is 21.0. The maximum Gasteiger partial charge on any atom is 0.407 e. The summed E-state index contributed by atoms with van der Waals surface area (Å²) in [6.45, 7) is 7.18. The maximum absolute atomic E-state index is 11.9. The third-order valence-electron chi connectivity index (χ3n) is 4.16. The van der Waals surface area contributed by atoms with E-state index in [2.05, 4.69) is 10.3 Å². The minimum absolute atomic E-state index is 0.123. The monoisotopic (exact) mass is 397 g/mol. The fourth-order valence-corrected chi connectivity index (χ4v) is 2.89. The Morgan fingerprint density at radius 2 is 1.82 bits per heavy atom. The number of carbonyl (C=O) groups excluding carboxylic acids is 2. The van der Waals surface area contributed by atoms with Gasteiger partial charge in [-0.1, -0.05) is 0 Å². The number of aliphatic imine (C=N–C) groups is 1. The predicted molar refractivity (Wildman–Crippen MR) is 104 cm³/mol. The highest BCUT2D eigenvalue weighted by molar-refractivity contribution is 6.20. The number of carboxylic acids is 1. The zero-order chi connectivity index (χ0) is 21.3. The Balaban J connectivity index is 2.82. The van der Waals surface area contributed by atoms with E-state index < -0.39 is 17.7 Å². The zero-order valence-corrected chi connectivity index (χ0v) is 17.0.